The Morgan fingerprint density at radius 1 is 1.08 bits per heavy atom. The number of pyridine rings is 1. The van der Waals surface area contributed by atoms with Gasteiger partial charge in [0, 0.05) is 62.7 Å². The molecule has 1 saturated heterocycles. The van der Waals surface area contributed by atoms with E-state index in [-0.39, 0.29) is 17.4 Å². The van der Waals surface area contributed by atoms with Gasteiger partial charge in [0.2, 0.25) is 0 Å². The number of piperidine rings is 1. The lowest BCUT2D eigenvalue weighted by Gasteiger charge is -2.42. The van der Waals surface area contributed by atoms with E-state index in [4.69, 9.17) is 0 Å². The summed E-state index contributed by atoms with van der Waals surface area (Å²) in [7, 11) is 3.95. The molecule has 0 saturated carbocycles. The molecule has 1 fully saturated rings. The summed E-state index contributed by atoms with van der Waals surface area (Å²) in [5.74, 6) is 0.694. The lowest BCUT2D eigenvalue weighted by molar-refractivity contribution is 0.0594. The third-order valence-electron chi connectivity index (χ3n) is 5.38. The van der Waals surface area contributed by atoms with Gasteiger partial charge >= 0.3 is 0 Å². The standard InChI is InChI=1S/C20H23N3O2/c1-21(2)17-6-3-5-15(10-17)20(25)22-11-14-9-16(13-22)18-7-4-8-19(24)23(18)12-14/h3-8,10,14,16H,9,11-13H2,1-2H3/t14-,16-/m1/s1. The summed E-state index contributed by atoms with van der Waals surface area (Å²) in [4.78, 5) is 29.1. The molecule has 0 unspecified atom stereocenters. The Morgan fingerprint density at radius 2 is 1.88 bits per heavy atom. The molecule has 5 nitrogen and oxygen atoms in total. The Morgan fingerprint density at radius 3 is 2.68 bits per heavy atom. The van der Waals surface area contributed by atoms with Crippen molar-refractivity contribution >= 4 is 11.6 Å². The number of hydrogen-bond acceptors (Lipinski definition) is 3. The number of hydrogen-bond donors (Lipinski definition) is 0. The first-order chi connectivity index (χ1) is 12.0. The Kier molecular flexibility index (Phi) is 3.86. The monoisotopic (exact) mass is 337 g/mol. The van der Waals surface area contributed by atoms with Gasteiger partial charge in [-0.1, -0.05) is 12.1 Å². The third-order valence-corrected chi connectivity index (χ3v) is 5.38. The van der Waals surface area contributed by atoms with E-state index in [2.05, 4.69) is 0 Å². The lowest BCUT2D eigenvalue weighted by Crippen LogP contribution is -2.49. The van der Waals surface area contributed by atoms with Crippen LogP contribution in [0.15, 0.2) is 47.3 Å². The molecule has 130 valence electrons. The minimum absolute atomic E-state index is 0.0747. The number of rotatable bonds is 2. The van der Waals surface area contributed by atoms with Crippen molar-refractivity contribution in [3.8, 4) is 0 Å². The number of anilines is 1. The number of amides is 1. The highest BCUT2D eigenvalue weighted by Gasteiger charge is 2.36. The average molecular weight is 337 g/mol. The molecule has 0 N–H and O–H groups in total. The van der Waals surface area contributed by atoms with Crippen LogP contribution in [0, 0.1) is 5.92 Å². The third kappa shape index (κ3) is 2.84. The Bertz CT molecular complexity index is 871. The summed E-state index contributed by atoms with van der Waals surface area (Å²) in [6.07, 6.45) is 1.06. The Balaban J connectivity index is 1.61. The first-order valence-corrected chi connectivity index (χ1v) is 8.79. The van der Waals surface area contributed by atoms with Crippen LogP contribution >= 0.6 is 0 Å². The van der Waals surface area contributed by atoms with Crippen LogP contribution in [0.4, 0.5) is 5.69 Å². The average Bonchev–Trinajstić information content (AvgIpc) is 2.62. The normalized spacial score (nSPS) is 21.6. The molecule has 2 bridgehead atoms. The topological polar surface area (TPSA) is 45.6 Å². The van der Waals surface area contributed by atoms with Gasteiger partial charge in [-0.05, 0) is 36.6 Å². The van der Waals surface area contributed by atoms with E-state index in [9.17, 15) is 9.59 Å². The zero-order valence-corrected chi connectivity index (χ0v) is 14.7. The Labute approximate surface area is 147 Å². The van der Waals surface area contributed by atoms with E-state index in [1.54, 1.807) is 6.07 Å². The number of fused-ring (bicyclic) bond motifs is 4. The van der Waals surface area contributed by atoms with Crippen LogP contribution in [-0.2, 0) is 6.54 Å². The van der Waals surface area contributed by atoms with Gasteiger partial charge in [0.05, 0.1) is 0 Å². The molecular weight excluding hydrogens is 314 g/mol. The number of likely N-dealkylation sites (tertiary alicyclic amines) is 1. The molecule has 25 heavy (non-hydrogen) atoms. The van der Waals surface area contributed by atoms with Crippen LogP contribution < -0.4 is 10.5 Å². The van der Waals surface area contributed by atoms with Crippen LogP contribution in [0.1, 0.15) is 28.4 Å². The van der Waals surface area contributed by atoms with E-state index in [0.29, 0.717) is 19.0 Å². The van der Waals surface area contributed by atoms with E-state index < -0.39 is 0 Å². The minimum Gasteiger partial charge on any atom is -0.378 e. The number of carbonyl (C=O) groups is 1. The molecule has 0 aliphatic carbocycles. The van der Waals surface area contributed by atoms with E-state index in [1.807, 2.05) is 64.9 Å². The predicted octanol–water partition coefficient (Wildman–Crippen LogP) is 2.17. The van der Waals surface area contributed by atoms with Gasteiger partial charge in [0.25, 0.3) is 11.5 Å². The van der Waals surface area contributed by atoms with Crippen LogP contribution in [0.25, 0.3) is 0 Å². The Hall–Kier alpha value is -2.56. The molecule has 2 aliphatic rings. The molecule has 2 atom stereocenters. The summed E-state index contributed by atoms with van der Waals surface area (Å²) in [6, 6.07) is 13.3. The molecule has 0 spiro atoms. The minimum atomic E-state index is 0.0747. The SMILES string of the molecule is CN(C)c1cccc(C(=O)N2C[C@H]3C[C@H](C2)c2cccc(=O)n2C3)c1. The van der Waals surface area contributed by atoms with Gasteiger partial charge < -0.3 is 14.4 Å². The summed E-state index contributed by atoms with van der Waals surface area (Å²) in [5.41, 5.74) is 2.91. The molecule has 1 aromatic carbocycles. The van der Waals surface area contributed by atoms with Crippen molar-refractivity contribution in [1.82, 2.24) is 9.47 Å². The highest BCUT2D eigenvalue weighted by molar-refractivity contribution is 5.95. The van der Waals surface area contributed by atoms with Crippen molar-refractivity contribution in [2.24, 2.45) is 5.92 Å². The highest BCUT2D eigenvalue weighted by Crippen LogP contribution is 2.35. The predicted molar refractivity (Wildman–Crippen MR) is 98.2 cm³/mol. The van der Waals surface area contributed by atoms with Crippen molar-refractivity contribution in [2.75, 3.05) is 32.1 Å². The van der Waals surface area contributed by atoms with Gasteiger partial charge in [0.1, 0.15) is 0 Å². The molecule has 5 heteroatoms. The van der Waals surface area contributed by atoms with Crippen molar-refractivity contribution < 1.29 is 4.79 Å². The molecular formula is C20H23N3O2. The molecule has 2 aliphatic heterocycles. The summed E-state index contributed by atoms with van der Waals surface area (Å²) < 4.78 is 1.90. The quantitative estimate of drug-likeness (QED) is 0.844. The number of nitrogens with zero attached hydrogens (tertiary/aromatic N) is 3. The molecule has 1 amide bonds. The van der Waals surface area contributed by atoms with Gasteiger partial charge in [-0.15, -0.1) is 0 Å². The van der Waals surface area contributed by atoms with Gasteiger partial charge in [-0.3, -0.25) is 9.59 Å². The molecule has 1 aromatic heterocycles. The smallest absolute Gasteiger partial charge is 0.253 e. The first-order valence-electron chi connectivity index (χ1n) is 8.79. The second-order valence-corrected chi connectivity index (χ2v) is 7.35. The van der Waals surface area contributed by atoms with Crippen molar-refractivity contribution in [2.45, 2.75) is 18.9 Å². The maximum atomic E-state index is 13.0. The van der Waals surface area contributed by atoms with Gasteiger partial charge in [-0.2, -0.15) is 0 Å². The fourth-order valence-corrected chi connectivity index (χ4v) is 4.16. The van der Waals surface area contributed by atoms with Crippen LogP contribution in [0.2, 0.25) is 0 Å². The molecule has 4 rings (SSSR count). The number of benzene rings is 1. The second kappa shape index (κ2) is 6.06. The zero-order valence-electron chi connectivity index (χ0n) is 14.7. The van der Waals surface area contributed by atoms with Crippen molar-refractivity contribution in [3.05, 3.63) is 64.1 Å². The van der Waals surface area contributed by atoms with Crippen LogP contribution in [0.5, 0.6) is 0 Å². The first kappa shape index (κ1) is 15.9. The molecule has 3 heterocycles. The van der Waals surface area contributed by atoms with Crippen molar-refractivity contribution in [1.29, 1.82) is 0 Å². The van der Waals surface area contributed by atoms with E-state index in [1.165, 1.54) is 0 Å². The van der Waals surface area contributed by atoms with E-state index in [0.717, 1.165) is 29.9 Å². The molecule has 0 radical (unpaired) electrons. The summed E-state index contributed by atoms with van der Waals surface area (Å²) in [6.45, 7) is 2.13. The fraction of sp³-hybridized carbons (Fsp3) is 0.400. The van der Waals surface area contributed by atoms with Crippen LogP contribution in [0.3, 0.4) is 0 Å². The second-order valence-electron chi connectivity index (χ2n) is 7.35. The summed E-state index contributed by atoms with van der Waals surface area (Å²) in [5, 5.41) is 0. The van der Waals surface area contributed by atoms with Gasteiger partial charge in [0.15, 0.2) is 0 Å². The largest absolute Gasteiger partial charge is 0.378 e. The number of aromatic nitrogens is 1. The fourth-order valence-electron chi connectivity index (χ4n) is 4.16. The number of carbonyl (C=O) groups excluding carboxylic acids is 1. The maximum Gasteiger partial charge on any atom is 0.253 e. The zero-order chi connectivity index (χ0) is 17.6. The van der Waals surface area contributed by atoms with Gasteiger partial charge in [-0.25, -0.2) is 0 Å². The van der Waals surface area contributed by atoms with Crippen LogP contribution in [-0.4, -0.2) is 42.6 Å². The lowest BCUT2D eigenvalue weighted by atomic mass is 9.83. The van der Waals surface area contributed by atoms with E-state index >= 15 is 0 Å². The highest BCUT2D eigenvalue weighted by atomic mass is 16.2. The molecule has 2 aromatic rings. The maximum absolute atomic E-state index is 13.0. The van der Waals surface area contributed by atoms with Crippen molar-refractivity contribution in [3.63, 3.8) is 0 Å². The summed E-state index contributed by atoms with van der Waals surface area (Å²) >= 11 is 0.